The van der Waals surface area contributed by atoms with Crippen molar-refractivity contribution in [3.05, 3.63) is 6.20 Å². The second-order valence-electron chi connectivity index (χ2n) is 5.82. The van der Waals surface area contributed by atoms with E-state index in [9.17, 15) is 14.4 Å². The topological polar surface area (TPSA) is 143 Å². The lowest BCUT2D eigenvalue weighted by Gasteiger charge is -2.29. The molecule has 12 heteroatoms. The minimum absolute atomic E-state index is 0.0158. The second-order valence-corrected chi connectivity index (χ2v) is 6.80. The Kier molecular flexibility index (Phi) is 4.78. The van der Waals surface area contributed by atoms with Gasteiger partial charge in [0.2, 0.25) is 5.95 Å². The summed E-state index contributed by atoms with van der Waals surface area (Å²) >= 11 is 1.38. The first kappa shape index (κ1) is 16.4. The number of hydrogen-bond donors (Lipinski definition) is 1. The Balaban J connectivity index is 1.92. The van der Waals surface area contributed by atoms with Crippen LogP contribution in [0.5, 0.6) is 0 Å². The largest absolute Gasteiger partial charge is 0.463 e. The lowest BCUT2D eigenvalue weighted by atomic mass is 10.1. The molecule has 1 aromatic rings. The molecule has 0 bridgehead atoms. The molecule has 4 atom stereocenters. The van der Waals surface area contributed by atoms with Crippen LogP contribution in [0.3, 0.4) is 0 Å². The van der Waals surface area contributed by atoms with Crippen molar-refractivity contribution in [3.63, 3.8) is 0 Å². The number of aromatic nitrogens is 2. The number of carbonyl (C=O) groups is 3. The molecular weight excluding hydrogens is 392 g/mol. The Morgan fingerprint density at radius 1 is 1.29 bits per heavy atom. The van der Waals surface area contributed by atoms with Gasteiger partial charge in [-0.15, -0.1) is 0 Å². The van der Waals surface area contributed by atoms with Gasteiger partial charge in [-0.05, 0) is 0 Å². The van der Waals surface area contributed by atoms with Crippen molar-refractivity contribution in [3.8, 4) is 0 Å². The molecular formula is C16H20N4O7S. The molecule has 28 heavy (non-hydrogen) atoms. The Bertz CT molecular complexity index is 851. The fourth-order valence-electron chi connectivity index (χ4n) is 2.92. The highest BCUT2D eigenvalue weighted by Gasteiger charge is 2.53. The van der Waals surface area contributed by atoms with Crippen LogP contribution in [0, 0.1) is 0 Å². The van der Waals surface area contributed by atoms with Crippen LogP contribution in [0.15, 0.2) is 11.1 Å². The van der Waals surface area contributed by atoms with E-state index in [0.29, 0.717) is 16.6 Å². The van der Waals surface area contributed by atoms with E-state index in [1.54, 1.807) is 4.90 Å². The summed E-state index contributed by atoms with van der Waals surface area (Å²) in [5.41, 5.74) is 5.69. The van der Waals surface area contributed by atoms with E-state index in [-0.39, 0.29) is 12.6 Å². The molecule has 2 N–H and O–H groups in total. The van der Waals surface area contributed by atoms with Crippen LogP contribution in [0.1, 0.15) is 24.8 Å². The molecule has 0 saturated carbocycles. The van der Waals surface area contributed by atoms with Crippen LogP contribution >= 0.6 is 11.8 Å². The Morgan fingerprint density at radius 3 is 2.71 bits per heavy atom. The third-order valence-electron chi connectivity index (χ3n) is 3.92. The van der Waals surface area contributed by atoms with E-state index in [1.165, 1.54) is 18.0 Å². The highest BCUT2D eigenvalue weighted by Crippen LogP contribution is 2.41. The molecule has 0 aromatic carbocycles. The standard InChI is InChI=1S/C16H20N4O7S/c1-7(21)24-5-10-12(25-8(2)22)13(26-9(3)23)15(27-10)20-6-28-11-4-18-16(17)19-14(11)20/h4,10,12-13,15H,5-6H2,1-3H3,(H2,17,18,19)/t10-,12-,13-,15?/m1/s1/i1D,2D,3D. The number of nitrogens with two attached hydrogens (primary N) is 1. The molecule has 11 nitrogen and oxygen atoms in total. The van der Waals surface area contributed by atoms with Crippen LogP contribution < -0.4 is 10.6 Å². The quantitative estimate of drug-likeness (QED) is 0.513. The lowest BCUT2D eigenvalue weighted by molar-refractivity contribution is -0.165. The summed E-state index contributed by atoms with van der Waals surface area (Å²) in [7, 11) is 0. The number of carbonyl (C=O) groups excluding carboxylic acids is 3. The molecule has 1 fully saturated rings. The summed E-state index contributed by atoms with van der Waals surface area (Å²) in [6.07, 6.45) is -2.94. The first-order valence-corrected chi connectivity index (χ1v) is 8.96. The number of esters is 3. The zero-order chi connectivity index (χ0) is 22.5. The fourth-order valence-corrected chi connectivity index (χ4v) is 3.88. The summed E-state index contributed by atoms with van der Waals surface area (Å²) < 4.78 is 43.1. The first-order valence-electron chi connectivity index (χ1n) is 10.1. The number of rotatable bonds is 5. The number of thioether (sulfide) groups is 1. The predicted molar refractivity (Wildman–Crippen MR) is 96.0 cm³/mol. The molecule has 0 amide bonds. The first-order chi connectivity index (χ1) is 14.9. The Morgan fingerprint density at radius 2 is 2.00 bits per heavy atom. The molecule has 152 valence electrons. The maximum Gasteiger partial charge on any atom is 0.303 e. The average molecular weight is 415 g/mol. The smallest absolute Gasteiger partial charge is 0.303 e. The SMILES string of the molecule is [2H]CC(=O)OC[C@H]1OC(N2CSc3cnc(N)nc32)[C@H](OC(=O)C[2H])[C@@H]1OC(=O)C[2H]. The van der Waals surface area contributed by atoms with Crippen molar-refractivity contribution >= 4 is 41.4 Å². The number of fused-ring (bicyclic) bond motifs is 1. The van der Waals surface area contributed by atoms with E-state index in [4.69, 9.17) is 28.8 Å². The Hall–Kier alpha value is -2.60. The molecule has 2 aliphatic rings. The van der Waals surface area contributed by atoms with Crippen molar-refractivity contribution in [1.29, 1.82) is 0 Å². The van der Waals surface area contributed by atoms with Crippen LogP contribution in [0.4, 0.5) is 11.8 Å². The van der Waals surface area contributed by atoms with Crippen molar-refractivity contribution in [2.24, 2.45) is 0 Å². The van der Waals surface area contributed by atoms with Crippen molar-refractivity contribution < 1.29 is 37.4 Å². The van der Waals surface area contributed by atoms with Gasteiger partial charge >= 0.3 is 17.9 Å². The monoisotopic (exact) mass is 415 g/mol. The van der Waals surface area contributed by atoms with Gasteiger partial charge in [-0.2, -0.15) is 4.98 Å². The van der Waals surface area contributed by atoms with Crippen molar-refractivity contribution in [2.45, 2.75) is 50.1 Å². The molecule has 3 heterocycles. The molecule has 0 spiro atoms. The summed E-state index contributed by atoms with van der Waals surface area (Å²) in [5.74, 6) is -1.85. The van der Waals surface area contributed by atoms with Gasteiger partial charge in [0, 0.05) is 31.0 Å². The highest BCUT2D eigenvalue weighted by atomic mass is 32.2. The van der Waals surface area contributed by atoms with Crippen molar-refractivity contribution in [2.75, 3.05) is 23.1 Å². The molecule has 1 aromatic heterocycles. The maximum absolute atomic E-state index is 11.9. The van der Waals surface area contributed by atoms with E-state index in [2.05, 4.69) is 9.97 Å². The average Bonchev–Trinajstić information content (AvgIpc) is 3.32. The van der Waals surface area contributed by atoms with Gasteiger partial charge in [0.25, 0.3) is 0 Å². The van der Waals surface area contributed by atoms with Gasteiger partial charge in [0.05, 0.1) is 10.8 Å². The summed E-state index contributed by atoms with van der Waals surface area (Å²) in [6.45, 7) is -2.36. The minimum atomic E-state index is -1.22. The summed E-state index contributed by atoms with van der Waals surface area (Å²) in [6, 6.07) is 0. The zero-order valence-electron chi connectivity index (χ0n) is 17.6. The van der Waals surface area contributed by atoms with Crippen LogP contribution in [-0.2, 0) is 33.3 Å². The second kappa shape index (κ2) is 8.19. The minimum Gasteiger partial charge on any atom is -0.463 e. The van der Waals surface area contributed by atoms with Crippen LogP contribution in [-0.4, -0.2) is 64.9 Å². The number of hydrogen-bond acceptors (Lipinski definition) is 12. The summed E-state index contributed by atoms with van der Waals surface area (Å²) in [5, 5.41) is 0. The third kappa shape index (κ3) is 4.28. The summed E-state index contributed by atoms with van der Waals surface area (Å²) in [4.78, 5) is 45.7. The van der Waals surface area contributed by atoms with Gasteiger partial charge in [-0.3, -0.25) is 14.4 Å². The molecule has 2 aliphatic heterocycles. The lowest BCUT2D eigenvalue weighted by Crippen LogP contribution is -2.47. The molecule has 3 rings (SSSR count). The number of nitrogen functional groups attached to an aromatic ring is 1. The highest BCUT2D eigenvalue weighted by molar-refractivity contribution is 7.99. The number of anilines is 2. The van der Waals surface area contributed by atoms with Crippen LogP contribution in [0.25, 0.3) is 0 Å². The normalized spacial score (nSPS) is 27.3. The molecule has 0 radical (unpaired) electrons. The van der Waals surface area contributed by atoms with E-state index >= 15 is 0 Å². The molecule has 1 unspecified atom stereocenters. The maximum atomic E-state index is 11.9. The van der Waals surface area contributed by atoms with Crippen molar-refractivity contribution in [1.82, 2.24) is 9.97 Å². The Labute approximate surface area is 169 Å². The van der Waals surface area contributed by atoms with Gasteiger partial charge in [-0.25, -0.2) is 4.98 Å². The van der Waals surface area contributed by atoms with Gasteiger partial charge < -0.3 is 29.6 Å². The number of ether oxygens (including phenoxy) is 4. The molecule has 0 aliphatic carbocycles. The van der Waals surface area contributed by atoms with E-state index in [1.807, 2.05) is 0 Å². The fraction of sp³-hybridized carbons (Fsp3) is 0.562. The zero-order valence-corrected chi connectivity index (χ0v) is 15.4. The number of nitrogens with zero attached hydrogens (tertiary/aromatic N) is 3. The van der Waals surface area contributed by atoms with Gasteiger partial charge in [0.1, 0.15) is 12.7 Å². The van der Waals surface area contributed by atoms with Gasteiger partial charge in [0.15, 0.2) is 24.3 Å². The molecule has 1 saturated heterocycles. The third-order valence-corrected chi connectivity index (χ3v) is 4.93. The van der Waals surface area contributed by atoms with Gasteiger partial charge in [-0.1, -0.05) is 11.8 Å². The van der Waals surface area contributed by atoms with E-state index in [0.717, 1.165) is 0 Å². The van der Waals surface area contributed by atoms with Crippen LogP contribution in [0.2, 0.25) is 0 Å². The van der Waals surface area contributed by atoms with E-state index < -0.39 is 63.1 Å². The predicted octanol–water partition coefficient (Wildman–Crippen LogP) is 0.0798.